The van der Waals surface area contributed by atoms with Gasteiger partial charge in [-0.2, -0.15) is 5.10 Å². The average molecular weight is 312 g/mol. The molecule has 1 aliphatic heterocycles. The Kier molecular flexibility index (Phi) is 4.09. The number of benzene rings is 1. The van der Waals surface area contributed by atoms with Crippen LogP contribution in [0.1, 0.15) is 12.2 Å². The number of hydrogen-bond donors (Lipinski definition) is 2. The molecule has 0 spiro atoms. The lowest BCUT2D eigenvalue weighted by Gasteiger charge is -2.20. The van der Waals surface area contributed by atoms with Crippen molar-refractivity contribution >= 4 is 23.2 Å². The number of rotatable bonds is 5. The first-order valence-corrected chi connectivity index (χ1v) is 7.17. The largest absolute Gasteiger partial charge is 0.467 e. The van der Waals surface area contributed by atoms with E-state index in [1.54, 1.807) is 12.1 Å². The number of carbonyl (C=O) groups excluding carboxylic acids is 2. The van der Waals surface area contributed by atoms with E-state index in [1.165, 1.54) is 11.3 Å². The zero-order chi connectivity index (χ0) is 16.2. The van der Waals surface area contributed by atoms with Gasteiger partial charge in [-0.05, 0) is 24.3 Å². The van der Waals surface area contributed by atoms with Crippen molar-refractivity contribution in [3.05, 3.63) is 54.5 Å². The predicted molar refractivity (Wildman–Crippen MR) is 84.5 cm³/mol. The number of nitrogens with two attached hydrogens (primary N) is 1. The molecule has 1 atom stereocenters. The van der Waals surface area contributed by atoms with E-state index in [0.717, 1.165) is 0 Å². The maximum absolute atomic E-state index is 12.2. The first-order valence-electron chi connectivity index (χ1n) is 7.17. The second-order valence-corrected chi connectivity index (χ2v) is 5.11. The predicted octanol–water partition coefficient (Wildman–Crippen LogP) is 1.02. The van der Waals surface area contributed by atoms with E-state index in [-0.39, 0.29) is 24.6 Å². The van der Waals surface area contributed by atoms with Gasteiger partial charge in [0.2, 0.25) is 5.91 Å². The number of hydrogen-bond acceptors (Lipinski definition) is 5. The van der Waals surface area contributed by atoms with Crippen LogP contribution < -0.4 is 16.1 Å². The minimum atomic E-state index is -0.665. The summed E-state index contributed by atoms with van der Waals surface area (Å²) in [6, 6.07) is 12.0. The molecule has 0 aliphatic carbocycles. The Balaban J connectivity index is 1.74. The highest BCUT2D eigenvalue weighted by atomic mass is 16.3. The van der Waals surface area contributed by atoms with Gasteiger partial charge in [0.15, 0.2) is 0 Å². The summed E-state index contributed by atoms with van der Waals surface area (Å²) in [5.41, 5.74) is 6.42. The van der Waals surface area contributed by atoms with E-state index >= 15 is 0 Å². The maximum Gasteiger partial charge on any atom is 0.267 e. The molecule has 2 amide bonds. The lowest BCUT2D eigenvalue weighted by Crippen LogP contribution is -2.39. The number of carbonyl (C=O) groups is 2. The molecule has 3 rings (SSSR count). The molecule has 0 bridgehead atoms. The molecule has 2 heterocycles. The summed E-state index contributed by atoms with van der Waals surface area (Å²) in [5, 5.41) is 8.47. The van der Waals surface area contributed by atoms with E-state index in [0.29, 0.717) is 11.4 Å². The van der Waals surface area contributed by atoms with Gasteiger partial charge in [-0.1, -0.05) is 18.2 Å². The van der Waals surface area contributed by atoms with Gasteiger partial charge in [0.25, 0.3) is 5.91 Å². The number of primary amides is 1. The maximum atomic E-state index is 12.2. The normalized spacial score (nSPS) is 17.0. The number of para-hydroxylation sites is 1. The molecule has 0 saturated carbocycles. The van der Waals surface area contributed by atoms with Crippen LogP contribution in [0.5, 0.6) is 0 Å². The number of furan rings is 1. The highest BCUT2D eigenvalue weighted by Gasteiger charge is 2.34. The van der Waals surface area contributed by atoms with Gasteiger partial charge in [-0.15, -0.1) is 0 Å². The Hall–Kier alpha value is -3.09. The van der Waals surface area contributed by atoms with Crippen molar-refractivity contribution in [3.8, 4) is 0 Å². The number of nitrogens with zero attached hydrogens (tertiary/aromatic N) is 2. The molecular weight excluding hydrogens is 296 g/mol. The fraction of sp³-hybridized carbons (Fsp3) is 0.188. The molecule has 2 aromatic rings. The van der Waals surface area contributed by atoms with Crippen LogP contribution in [0, 0.1) is 0 Å². The number of amides is 2. The second-order valence-electron chi connectivity index (χ2n) is 5.11. The van der Waals surface area contributed by atoms with Gasteiger partial charge in [0, 0.05) is 6.42 Å². The zero-order valence-corrected chi connectivity index (χ0v) is 12.3. The summed E-state index contributed by atoms with van der Waals surface area (Å²) < 4.78 is 5.16. The third-order valence-corrected chi connectivity index (χ3v) is 3.52. The highest BCUT2D eigenvalue weighted by molar-refractivity contribution is 6.40. The van der Waals surface area contributed by atoms with Crippen LogP contribution in [0.4, 0.5) is 5.69 Å². The molecule has 1 aliphatic rings. The fourth-order valence-electron chi connectivity index (χ4n) is 2.37. The summed E-state index contributed by atoms with van der Waals surface area (Å²) in [5.74, 6) is -0.221. The number of nitrogens with one attached hydrogen (secondary N) is 1. The van der Waals surface area contributed by atoms with Crippen LogP contribution in [0.15, 0.2) is 58.2 Å². The lowest BCUT2D eigenvalue weighted by atomic mass is 10.1. The van der Waals surface area contributed by atoms with Crippen molar-refractivity contribution in [2.45, 2.75) is 19.0 Å². The second kappa shape index (κ2) is 6.35. The highest BCUT2D eigenvalue weighted by Crippen LogP contribution is 2.24. The first kappa shape index (κ1) is 14.8. The lowest BCUT2D eigenvalue weighted by molar-refractivity contribution is -0.119. The molecule has 0 fully saturated rings. The molecule has 0 unspecified atom stereocenters. The molecule has 118 valence electrons. The molecule has 7 heteroatoms. The molecule has 7 nitrogen and oxygen atoms in total. The Bertz CT molecular complexity index is 725. The summed E-state index contributed by atoms with van der Waals surface area (Å²) in [6.07, 6.45) is 1.71. The standard InChI is InChI=1S/C16H16N4O3/c17-15(21)14-9-13(16(22)18-10-12-7-4-8-23-12)19-20(14)11-5-2-1-3-6-11/h1-8,14H,9-10H2,(H2,17,21)(H,18,22)/t14-/m1/s1. The number of anilines is 1. The topological polar surface area (TPSA) is 101 Å². The van der Waals surface area contributed by atoms with Crippen LogP contribution in [-0.2, 0) is 16.1 Å². The molecule has 1 aromatic carbocycles. The molecule has 0 saturated heterocycles. The summed E-state index contributed by atoms with van der Waals surface area (Å²) >= 11 is 0. The third kappa shape index (κ3) is 3.23. The van der Waals surface area contributed by atoms with E-state index in [4.69, 9.17) is 10.2 Å². The average Bonchev–Trinajstić information content (AvgIpc) is 3.23. The van der Waals surface area contributed by atoms with Gasteiger partial charge in [0.1, 0.15) is 17.5 Å². The number of hydrazone groups is 1. The van der Waals surface area contributed by atoms with Crippen LogP contribution in [0.25, 0.3) is 0 Å². The van der Waals surface area contributed by atoms with Gasteiger partial charge < -0.3 is 15.5 Å². The van der Waals surface area contributed by atoms with Crippen molar-refractivity contribution in [2.24, 2.45) is 10.8 Å². The Morgan fingerprint density at radius 2 is 2.04 bits per heavy atom. The van der Waals surface area contributed by atoms with Crippen LogP contribution in [-0.4, -0.2) is 23.6 Å². The van der Waals surface area contributed by atoms with Crippen molar-refractivity contribution in [1.82, 2.24) is 5.32 Å². The zero-order valence-electron chi connectivity index (χ0n) is 12.3. The van der Waals surface area contributed by atoms with Crippen molar-refractivity contribution < 1.29 is 14.0 Å². The van der Waals surface area contributed by atoms with Crippen molar-refractivity contribution in [1.29, 1.82) is 0 Å². The van der Waals surface area contributed by atoms with Crippen molar-refractivity contribution in [2.75, 3.05) is 5.01 Å². The summed E-state index contributed by atoms with van der Waals surface area (Å²) in [6.45, 7) is 0.261. The van der Waals surface area contributed by atoms with Crippen LogP contribution in [0.3, 0.4) is 0 Å². The minimum absolute atomic E-state index is 0.175. The van der Waals surface area contributed by atoms with Gasteiger partial charge in [-0.25, -0.2) is 0 Å². The van der Waals surface area contributed by atoms with Gasteiger partial charge in [-0.3, -0.25) is 14.6 Å². The first-order chi connectivity index (χ1) is 11.1. The quantitative estimate of drug-likeness (QED) is 0.860. The van der Waals surface area contributed by atoms with E-state index in [9.17, 15) is 9.59 Å². The van der Waals surface area contributed by atoms with E-state index in [1.807, 2.05) is 30.3 Å². The van der Waals surface area contributed by atoms with E-state index in [2.05, 4.69) is 10.4 Å². The Morgan fingerprint density at radius 1 is 1.26 bits per heavy atom. The summed E-state index contributed by atoms with van der Waals surface area (Å²) in [7, 11) is 0. The minimum Gasteiger partial charge on any atom is -0.467 e. The Morgan fingerprint density at radius 3 is 2.70 bits per heavy atom. The van der Waals surface area contributed by atoms with E-state index < -0.39 is 11.9 Å². The molecule has 23 heavy (non-hydrogen) atoms. The third-order valence-electron chi connectivity index (χ3n) is 3.52. The fourth-order valence-corrected chi connectivity index (χ4v) is 2.37. The smallest absolute Gasteiger partial charge is 0.267 e. The van der Waals surface area contributed by atoms with Gasteiger partial charge >= 0.3 is 0 Å². The van der Waals surface area contributed by atoms with Gasteiger partial charge in [0.05, 0.1) is 18.5 Å². The molecule has 3 N–H and O–H groups in total. The van der Waals surface area contributed by atoms with Crippen LogP contribution >= 0.6 is 0 Å². The summed E-state index contributed by atoms with van der Waals surface area (Å²) in [4.78, 5) is 23.9. The SMILES string of the molecule is NC(=O)[C@H]1CC(C(=O)NCc2ccco2)=NN1c1ccccc1. The Labute approximate surface area is 132 Å². The monoisotopic (exact) mass is 312 g/mol. The molecular formula is C16H16N4O3. The molecule has 0 radical (unpaired) electrons. The van der Waals surface area contributed by atoms with Crippen LogP contribution in [0.2, 0.25) is 0 Å². The van der Waals surface area contributed by atoms with Crippen molar-refractivity contribution in [3.63, 3.8) is 0 Å². The molecule has 1 aromatic heterocycles.